The lowest BCUT2D eigenvalue weighted by Gasteiger charge is -2.32. The first-order valence-corrected chi connectivity index (χ1v) is 6.66. The molecular formula is C11H13F3N4O6. The molecule has 1 aliphatic heterocycles. The normalized spacial score (nSPS) is 23.0. The van der Waals surface area contributed by atoms with Gasteiger partial charge in [-0.25, -0.2) is 9.97 Å². The molecule has 2 unspecified atom stereocenters. The van der Waals surface area contributed by atoms with E-state index in [0.29, 0.717) is 0 Å². The monoisotopic (exact) mass is 354 g/mol. The molecule has 0 radical (unpaired) electrons. The van der Waals surface area contributed by atoms with E-state index in [1.807, 2.05) is 0 Å². The fourth-order valence-corrected chi connectivity index (χ4v) is 2.18. The smallest absolute Gasteiger partial charge is 0.392 e. The summed E-state index contributed by atoms with van der Waals surface area (Å²) in [7, 11) is 0. The maximum absolute atomic E-state index is 12.6. The predicted molar refractivity (Wildman–Crippen MR) is 68.5 cm³/mol. The summed E-state index contributed by atoms with van der Waals surface area (Å²) in [6.45, 7) is 0.118. The van der Waals surface area contributed by atoms with E-state index < -0.39 is 59.1 Å². The van der Waals surface area contributed by atoms with E-state index in [1.165, 1.54) is 4.98 Å². The van der Waals surface area contributed by atoms with Gasteiger partial charge in [-0.05, 0) is 4.92 Å². The lowest BCUT2D eigenvalue weighted by atomic mass is 10.0. The summed E-state index contributed by atoms with van der Waals surface area (Å²) in [5, 5.41) is 32.9. The van der Waals surface area contributed by atoms with Crippen LogP contribution in [0.4, 0.5) is 19.0 Å². The van der Waals surface area contributed by atoms with Gasteiger partial charge in [0.15, 0.2) is 0 Å². The Kier molecular flexibility index (Phi) is 4.77. The number of rotatable bonds is 5. The van der Waals surface area contributed by atoms with Gasteiger partial charge in [-0.3, -0.25) is 4.79 Å². The van der Waals surface area contributed by atoms with Crippen LogP contribution in [0.15, 0.2) is 0 Å². The molecule has 1 aromatic rings. The second-order valence-corrected chi connectivity index (χ2v) is 5.09. The number of alkyl halides is 3. The van der Waals surface area contributed by atoms with Gasteiger partial charge in [0, 0.05) is 19.4 Å². The van der Waals surface area contributed by atoms with E-state index in [0.717, 1.165) is 0 Å². The van der Waals surface area contributed by atoms with E-state index in [9.17, 15) is 38.3 Å². The van der Waals surface area contributed by atoms with Crippen molar-refractivity contribution >= 4 is 11.7 Å². The standard InChI is InChI=1S/C11H13F3N4O6/c12-11(13,14)8-16-6(7(17-8)18(22)23)3-5(19)4-10(21)9(20)15-1-2-24-10/h5,19,21H,1-4H2,(H,15,20)(H,16,17). The molecule has 4 N–H and O–H groups in total. The maximum Gasteiger partial charge on any atom is 0.473 e. The SMILES string of the molecule is O=C1NCCOC1(O)CC(O)Cc1nc(C(F)(F)F)[nH]c1[N+](=O)[O-]. The highest BCUT2D eigenvalue weighted by molar-refractivity contribution is 5.83. The van der Waals surface area contributed by atoms with Crippen LogP contribution >= 0.6 is 0 Å². The molecule has 2 atom stereocenters. The molecule has 0 saturated carbocycles. The van der Waals surface area contributed by atoms with Crippen molar-refractivity contribution in [3.05, 3.63) is 21.6 Å². The molecule has 0 aliphatic carbocycles. The number of halogens is 3. The van der Waals surface area contributed by atoms with Crippen LogP contribution in [0.3, 0.4) is 0 Å². The Hall–Kier alpha value is -2.25. The third-order valence-electron chi connectivity index (χ3n) is 3.23. The number of hydrogen-bond acceptors (Lipinski definition) is 7. The van der Waals surface area contributed by atoms with Crippen molar-refractivity contribution in [1.82, 2.24) is 15.3 Å². The maximum atomic E-state index is 12.6. The van der Waals surface area contributed by atoms with Crippen molar-refractivity contribution in [2.45, 2.75) is 30.9 Å². The van der Waals surface area contributed by atoms with Gasteiger partial charge in [0.05, 0.1) is 12.7 Å². The van der Waals surface area contributed by atoms with Gasteiger partial charge >= 0.3 is 17.8 Å². The molecule has 0 aromatic carbocycles. The van der Waals surface area contributed by atoms with E-state index in [1.54, 1.807) is 0 Å². The average Bonchev–Trinajstić information content (AvgIpc) is 2.86. The Morgan fingerprint density at radius 1 is 1.50 bits per heavy atom. The number of aliphatic hydroxyl groups is 2. The molecule has 2 rings (SSSR count). The molecule has 1 saturated heterocycles. The van der Waals surface area contributed by atoms with Crippen LogP contribution < -0.4 is 5.32 Å². The third kappa shape index (κ3) is 3.80. The minimum absolute atomic E-state index is 0.0320. The summed E-state index contributed by atoms with van der Waals surface area (Å²) in [6, 6.07) is 0. The lowest BCUT2D eigenvalue weighted by Crippen LogP contribution is -2.56. The molecule has 10 nitrogen and oxygen atoms in total. The van der Waals surface area contributed by atoms with Crippen molar-refractivity contribution in [1.29, 1.82) is 0 Å². The van der Waals surface area contributed by atoms with Gasteiger partial charge in [0.2, 0.25) is 5.79 Å². The molecule has 0 spiro atoms. The Morgan fingerprint density at radius 2 is 2.17 bits per heavy atom. The molecule has 1 fully saturated rings. The molecule has 1 aliphatic rings. The largest absolute Gasteiger partial charge is 0.473 e. The van der Waals surface area contributed by atoms with Gasteiger partial charge in [-0.15, -0.1) is 0 Å². The van der Waals surface area contributed by atoms with Gasteiger partial charge in [-0.1, -0.05) is 0 Å². The number of H-pyrrole nitrogens is 1. The summed E-state index contributed by atoms with van der Waals surface area (Å²) in [4.78, 5) is 25.8. The van der Waals surface area contributed by atoms with Crippen LogP contribution in [-0.4, -0.2) is 56.1 Å². The number of aromatic nitrogens is 2. The fraction of sp³-hybridized carbons (Fsp3) is 0.636. The first-order chi connectivity index (χ1) is 11.0. The van der Waals surface area contributed by atoms with Crippen molar-refractivity contribution in [2.75, 3.05) is 13.2 Å². The Balaban J connectivity index is 2.16. The molecule has 1 amide bonds. The zero-order valence-electron chi connectivity index (χ0n) is 12.0. The van der Waals surface area contributed by atoms with Crippen molar-refractivity contribution in [2.24, 2.45) is 0 Å². The molecular weight excluding hydrogens is 341 g/mol. The number of morpholine rings is 1. The van der Waals surface area contributed by atoms with Crippen LogP contribution in [0.2, 0.25) is 0 Å². The van der Waals surface area contributed by atoms with Crippen LogP contribution in [0.25, 0.3) is 0 Å². The van der Waals surface area contributed by atoms with Crippen LogP contribution in [0.5, 0.6) is 0 Å². The number of carbonyl (C=O) groups is 1. The van der Waals surface area contributed by atoms with Crippen molar-refractivity contribution in [3.63, 3.8) is 0 Å². The number of carbonyl (C=O) groups excluding carboxylic acids is 1. The van der Waals surface area contributed by atoms with Crippen molar-refractivity contribution in [3.8, 4) is 0 Å². The van der Waals surface area contributed by atoms with Gasteiger partial charge in [0.1, 0.15) is 5.69 Å². The minimum atomic E-state index is -4.93. The zero-order chi connectivity index (χ0) is 18.1. The van der Waals surface area contributed by atoms with Gasteiger partial charge in [-0.2, -0.15) is 13.2 Å². The van der Waals surface area contributed by atoms with E-state index >= 15 is 0 Å². The summed E-state index contributed by atoms with van der Waals surface area (Å²) in [6.07, 6.45) is -7.92. The number of aromatic amines is 1. The minimum Gasteiger partial charge on any atom is -0.392 e. The topological polar surface area (TPSA) is 151 Å². The Bertz CT molecular complexity index is 648. The molecule has 2 heterocycles. The first kappa shape index (κ1) is 18.1. The molecule has 24 heavy (non-hydrogen) atoms. The number of nitrogens with zero attached hydrogens (tertiary/aromatic N) is 2. The second kappa shape index (κ2) is 6.33. The van der Waals surface area contributed by atoms with Crippen LogP contribution in [0.1, 0.15) is 17.9 Å². The summed E-state index contributed by atoms with van der Waals surface area (Å²) < 4.78 is 42.6. The Morgan fingerprint density at radius 3 is 2.71 bits per heavy atom. The number of nitrogens with one attached hydrogen (secondary N) is 2. The van der Waals surface area contributed by atoms with E-state index in [4.69, 9.17) is 4.74 Å². The Labute approximate surface area is 131 Å². The second-order valence-electron chi connectivity index (χ2n) is 5.09. The molecule has 1 aromatic heterocycles. The number of nitro groups is 1. The van der Waals surface area contributed by atoms with E-state index in [2.05, 4.69) is 10.3 Å². The number of aliphatic hydroxyl groups excluding tert-OH is 1. The van der Waals surface area contributed by atoms with Gasteiger partial charge in [0.25, 0.3) is 5.91 Å². The van der Waals surface area contributed by atoms with Crippen LogP contribution in [-0.2, 0) is 22.1 Å². The summed E-state index contributed by atoms with van der Waals surface area (Å²) >= 11 is 0. The zero-order valence-corrected chi connectivity index (χ0v) is 12.0. The number of ether oxygens (including phenoxy) is 1. The highest BCUT2D eigenvalue weighted by Crippen LogP contribution is 2.31. The summed E-state index contributed by atoms with van der Waals surface area (Å²) in [5.41, 5.74) is -0.653. The lowest BCUT2D eigenvalue weighted by molar-refractivity contribution is -0.390. The predicted octanol–water partition coefficient (Wildman–Crippen LogP) is -0.535. The highest BCUT2D eigenvalue weighted by atomic mass is 19.4. The van der Waals surface area contributed by atoms with Crippen LogP contribution in [0, 0.1) is 10.1 Å². The van der Waals surface area contributed by atoms with Crippen molar-refractivity contribution < 1.29 is 37.8 Å². The van der Waals surface area contributed by atoms with Gasteiger partial charge < -0.3 is 30.4 Å². The third-order valence-corrected chi connectivity index (χ3v) is 3.23. The average molecular weight is 354 g/mol. The number of hydrogen-bond donors (Lipinski definition) is 4. The quantitative estimate of drug-likeness (QED) is 0.410. The molecule has 13 heteroatoms. The van der Waals surface area contributed by atoms with E-state index in [-0.39, 0.29) is 13.2 Å². The first-order valence-electron chi connectivity index (χ1n) is 6.66. The summed E-state index contributed by atoms with van der Waals surface area (Å²) in [5.74, 6) is -5.89. The fourth-order valence-electron chi connectivity index (χ4n) is 2.18. The number of imidazole rings is 1. The molecule has 0 bridgehead atoms. The highest BCUT2D eigenvalue weighted by Gasteiger charge is 2.43. The number of amides is 1. The molecule has 134 valence electrons.